The van der Waals surface area contributed by atoms with E-state index < -0.39 is 23.5 Å². The molecule has 0 aliphatic carbocycles. The molecule has 4 aromatic rings. The van der Waals surface area contributed by atoms with Crippen LogP contribution in [0.15, 0.2) is 101 Å². The van der Waals surface area contributed by atoms with Gasteiger partial charge in [-0.05, 0) is 53.8 Å². The van der Waals surface area contributed by atoms with Gasteiger partial charge in [-0.3, -0.25) is 28.3 Å². The van der Waals surface area contributed by atoms with E-state index in [-0.39, 0.29) is 18.9 Å². The molecule has 3 aliphatic heterocycles. The maximum Gasteiger partial charge on any atom is 0.369 e. The van der Waals surface area contributed by atoms with Crippen molar-refractivity contribution in [3.63, 3.8) is 0 Å². The number of quaternary nitrogens is 1. The highest BCUT2D eigenvalue weighted by atomic mass is 35.7. The summed E-state index contributed by atoms with van der Waals surface area (Å²) in [7, 11) is 2.27. The van der Waals surface area contributed by atoms with Crippen molar-refractivity contribution in [2.75, 3.05) is 53.2 Å². The maximum atomic E-state index is 14.6. The van der Waals surface area contributed by atoms with E-state index in [0.717, 1.165) is 66.4 Å². The van der Waals surface area contributed by atoms with Gasteiger partial charge in [0.25, 0.3) is 5.56 Å². The van der Waals surface area contributed by atoms with Crippen LogP contribution in [-0.2, 0) is 19.2 Å². The summed E-state index contributed by atoms with van der Waals surface area (Å²) in [5.41, 5.74) is 1.98. The summed E-state index contributed by atoms with van der Waals surface area (Å²) in [6.45, 7) is 2.05. The number of morpholine rings is 1. The number of piperidine rings is 1. The number of aromatic amines is 1. The molecule has 0 radical (unpaired) electrons. The molecule has 12 heteroatoms. The van der Waals surface area contributed by atoms with Crippen LogP contribution in [0.25, 0.3) is 5.69 Å². The van der Waals surface area contributed by atoms with Gasteiger partial charge in [0.1, 0.15) is 6.73 Å². The van der Waals surface area contributed by atoms with Gasteiger partial charge in [0.2, 0.25) is 0 Å². The second kappa shape index (κ2) is 15.0. The van der Waals surface area contributed by atoms with Crippen molar-refractivity contribution in [2.45, 2.75) is 56.7 Å². The highest BCUT2D eigenvalue weighted by molar-refractivity contribution is 7.83. The number of aromatic nitrogens is 2. The number of para-hydroxylation sites is 1. The van der Waals surface area contributed by atoms with Crippen molar-refractivity contribution in [3.05, 3.63) is 134 Å². The zero-order chi connectivity index (χ0) is 35.6. The van der Waals surface area contributed by atoms with E-state index in [4.69, 9.17) is 20.5 Å². The molecule has 1 N–H and O–H groups in total. The Morgan fingerprint density at radius 3 is 2.25 bits per heavy atom. The Bertz CT molecular complexity index is 1940. The lowest BCUT2D eigenvalue weighted by atomic mass is 9.63. The summed E-state index contributed by atoms with van der Waals surface area (Å²) in [6.07, 6.45) is 6.95. The summed E-state index contributed by atoms with van der Waals surface area (Å²) >= 11 is 7.06. The predicted octanol–water partition coefficient (Wildman–Crippen LogP) is 6.24. The largest absolute Gasteiger partial charge is 0.378 e. The average Bonchev–Trinajstić information content (AvgIpc) is 3.61. The lowest BCUT2D eigenvalue weighted by molar-refractivity contribution is -0.932. The monoisotopic (exact) mass is 732 g/mol. The number of hydrogen-bond donors (Lipinski definition) is 1. The standard InChI is InChI=1S/C39H47ClN5O5P/c1-30-27-43(38(47)41-37(30)46)34-20-10-9-19-33(34)39(31-15-5-3-6-16-31,32-17-7-4-8-18-32)35-28-49-26-23-42(35)29-50-51(40,48)44-22-12-11-21-36(44)45(2)24-13-14-25-45/h3-10,15-20,27,35-36H,11-14,21-26,28-29H2,1-2H3/p+1. The number of rotatable bonds is 10. The van der Waals surface area contributed by atoms with Crippen LogP contribution in [0.5, 0.6) is 0 Å². The first-order valence-corrected chi connectivity index (χ1v) is 20.5. The fraction of sp³-hybridized carbons (Fsp3) is 0.436. The number of hydrogen-bond acceptors (Lipinski definition) is 6. The maximum absolute atomic E-state index is 14.6. The van der Waals surface area contributed by atoms with E-state index in [1.807, 2.05) is 65.3 Å². The molecule has 270 valence electrons. The topological polar surface area (TPSA) is 96.9 Å². The number of H-pyrrole nitrogens is 1. The fourth-order valence-corrected chi connectivity index (χ4v) is 10.9. The van der Waals surface area contributed by atoms with Crippen LogP contribution >= 0.6 is 18.1 Å². The molecule has 3 unspecified atom stereocenters. The van der Waals surface area contributed by atoms with E-state index in [2.05, 4.69) is 41.2 Å². The summed E-state index contributed by atoms with van der Waals surface area (Å²) in [4.78, 5) is 30.7. The number of likely N-dealkylation sites (tertiary alicyclic amines) is 1. The molecule has 1 aromatic heterocycles. The summed E-state index contributed by atoms with van der Waals surface area (Å²) < 4.78 is 31.7. The van der Waals surface area contributed by atoms with E-state index in [1.54, 1.807) is 13.1 Å². The zero-order valence-electron chi connectivity index (χ0n) is 29.5. The third kappa shape index (κ3) is 6.84. The summed E-state index contributed by atoms with van der Waals surface area (Å²) in [5.74, 6) is 0. The van der Waals surface area contributed by atoms with E-state index >= 15 is 0 Å². The molecule has 0 saturated carbocycles. The molecule has 4 heterocycles. The van der Waals surface area contributed by atoms with Gasteiger partial charge >= 0.3 is 12.6 Å². The average molecular weight is 733 g/mol. The van der Waals surface area contributed by atoms with Crippen LogP contribution in [0.1, 0.15) is 54.4 Å². The smallest absolute Gasteiger partial charge is 0.369 e. The number of ether oxygens (including phenoxy) is 1. The molecule has 3 aliphatic rings. The van der Waals surface area contributed by atoms with Crippen LogP contribution in [-0.4, -0.2) is 89.0 Å². The van der Waals surface area contributed by atoms with Gasteiger partial charge in [0.05, 0.1) is 50.5 Å². The van der Waals surface area contributed by atoms with Crippen LogP contribution in [0, 0.1) is 6.92 Å². The molecule has 0 spiro atoms. The first-order valence-electron chi connectivity index (χ1n) is 18.1. The Morgan fingerprint density at radius 2 is 1.57 bits per heavy atom. The van der Waals surface area contributed by atoms with Crippen molar-refractivity contribution in [2.24, 2.45) is 0 Å². The van der Waals surface area contributed by atoms with Crippen LogP contribution in [0.4, 0.5) is 0 Å². The molecular weight excluding hydrogens is 685 g/mol. The highest BCUT2D eigenvalue weighted by Crippen LogP contribution is 2.60. The molecule has 0 amide bonds. The minimum absolute atomic E-state index is 0.0308. The van der Waals surface area contributed by atoms with E-state index in [9.17, 15) is 14.2 Å². The number of nitrogens with zero attached hydrogens (tertiary/aromatic N) is 4. The van der Waals surface area contributed by atoms with Gasteiger partial charge in [-0.1, -0.05) is 78.9 Å². The van der Waals surface area contributed by atoms with Crippen LogP contribution < -0.4 is 11.2 Å². The fourth-order valence-electron chi connectivity index (χ4n) is 8.78. The van der Waals surface area contributed by atoms with Crippen LogP contribution in [0.2, 0.25) is 0 Å². The van der Waals surface area contributed by atoms with E-state index in [0.29, 0.717) is 37.6 Å². The molecule has 0 bridgehead atoms. The van der Waals surface area contributed by atoms with Crippen molar-refractivity contribution in [1.29, 1.82) is 0 Å². The SMILES string of the molecule is Cc1cn(-c2ccccc2C(c2ccccc2)(c2ccccc2)C2COCCN2COP(=O)(Cl)N2CCCCC2[N+]2(C)CCCC2)c(=O)[nH]c1=O. The Kier molecular flexibility index (Phi) is 10.6. The summed E-state index contributed by atoms with van der Waals surface area (Å²) in [5, 5.41) is 0. The normalized spacial score (nSPS) is 22.8. The number of aryl methyl sites for hydroxylation is 1. The molecule has 10 nitrogen and oxygen atoms in total. The van der Waals surface area contributed by atoms with Gasteiger partial charge in [0, 0.05) is 44.1 Å². The van der Waals surface area contributed by atoms with Crippen LogP contribution in [0.3, 0.4) is 0 Å². The van der Waals surface area contributed by atoms with Crippen molar-refractivity contribution in [1.82, 2.24) is 19.1 Å². The lowest BCUT2D eigenvalue weighted by Gasteiger charge is -2.50. The second-order valence-electron chi connectivity index (χ2n) is 14.4. The minimum Gasteiger partial charge on any atom is -0.378 e. The van der Waals surface area contributed by atoms with Gasteiger partial charge in [-0.25, -0.2) is 4.79 Å². The Morgan fingerprint density at radius 1 is 0.922 bits per heavy atom. The molecule has 51 heavy (non-hydrogen) atoms. The third-order valence-corrected chi connectivity index (χ3v) is 13.7. The molecule has 3 fully saturated rings. The van der Waals surface area contributed by atoms with Gasteiger partial charge in [-0.15, -0.1) is 0 Å². The highest BCUT2D eigenvalue weighted by Gasteiger charge is 2.51. The first kappa shape index (κ1) is 36.0. The number of nitrogens with one attached hydrogen (secondary N) is 1. The number of halogens is 1. The minimum atomic E-state index is -3.73. The Hall–Kier alpha value is -3.34. The second-order valence-corrected chi connectivity index (χ2v) is 17.3. The molecular formula is C39H48ClN5O5P+. The molecule has 3 aromatic carbocycles. The third-order valence-electron chi connectivity index (χ3n) is 11.3. The van der Waals surface area contributed by atoms with Crippen molar-refractivity contribution in [3.8, 4) is 5.69 Å². The van der Waals surface area contributed by atoms with Gasteiger partial charge in [0.15, 0.2) is 6.17 Å². The molecule has 3 saturated heterocycles. The van der Waals surface area contributed by atoms with E-state index in [1.165, 1.54) is 4.57 Å². The Balaban J connectivity index is 1.36. The van der Waals surface area contributed by atoms with Gasteiger partial charge < -0.3 is 9.22 Å². The Labute approximate surface area is 304 Å². The quantitative estimate of drug-likeness (QED) is 0.117. The lowest BCUT2D eigenvalue weighted by Crippen LogP contribution is -2.59. The molecule has 3 atom stereocenters. The zero-order valence-corrected chi connectivity index (χ0v) is 31.1. The summed E-state index contributed by atoms with van der Waals surface area (Å²) in [6, 6.07) is 27.9. The van der Waals surface area contributed by atoms with Crippen molar-refractivity contribution >= 4 is 18.1 Å². The molecule has 7 rings (SSSR count). The van der Waals surface area contributed by atoms with Crippen molar-refractivity contribution < 1.29 is 18.3 Å². The van der Waals surface area contributed by atoms with Gasteiger partial charge in [-0.2, -0.15) is 4.67 Å². The first-order chi connectivity index (χ1) is 24.6. The predicted molar refractivity (Wildman–Crippen MR) is 200 cm³/mol. The number of benzene rings is 3.